The predicted molar refractivity (Wildman–Crippen MR) is 105 cm³/mol. The van der Waals surface area contributed by atoms with Gasteiger partial charge in [0.1, 0.15) is 0 Å². The predicted octanol–water partition coefficient (Wildman–Crippen LogP) is 3.12. The number of hydrogen-bond acceptors (Lipinski definition) is 7. The molecule has 1 N–H and O–H groups in total. The third-order valence-corrected chi connectivity index (χ3v) is 5.71. The van der Waals surface area contributed by atoms with Gasteiger partial charge in [-0.1, -0.05) is 6.07 Å². The monoisotopic (exact) mass is 383 g/mol. The fourth-order valence-electron chi connectivity index (χ4n) is 3.24. The average molecular weight is 383 g/mol. The Kier molecular flexibility index (Phi) is 5.00. The average Bonchev–Trinajstić information content (AvgIpc) is 3.36. The van der Waals surface area contributed by atoms with Crippen molar-refractivity contribution in [3.05, 3.63) is 47.2 Å². The number of fused-ring (bicyclic) bond motifs is 1. The van der Waals surface area contributed by atoms with Gasteiger partial charge in [0, 0.05) is 32.6 Å². The highest BCUT2D eigenvalue weighted by atomic mass is 32.1. The van der Waals surface area contributed by atoms with Crippen molar-refractivity contribution in [3.8, 4) is 0 Å². The van der Waals surface area contributed by atoms with Crippen LogP contribution in [0.5, 0.6) is 0 Å². The SMILES string of the molecule is CO[C@H]1CCN(C(=O)c2nc(N[C@@H](C)c3cccnc3)nc3ccsc23)C1. The molecule has 3 aromatic heterocycles. The smallest absolute Gasteiger partial charge is 0.274 e. The van der Waals surface area contributed by atoms with Crippen molar-refractivity contribution in [1.29, 1.82) is 0 Å². The van der Waals surface area contributed by atoms with Crippen LogP contribution in [0.4, 0.5) is 5.95 Å². The minimum atomic E-state index is -0.0681. The number of carbonyl (C=O) groups is 1. The van der Waals surface area contributed by atoms with Gasteiger partial charge in [0.25, 0.3) is 5.91 Å². The molecule has 1 aliphatic heterocycles. The van der Waals surface area contributed by atoms with Gasteiger partial charge >= 0.3 is 0 Å². The lowest BCUT2D eigenvalue weighted by atomic mass is 10.1. The molecule has 1 aliphatic rings. The van der Waals surface area contributed by atoms with Crippen molar-refractivity contribution in [3.63, 3.8) is 0 Å². The summed E-state index contributed by atoms with van der Waals surface area (Å²) in [6, 6.07) is 5.78. The van der Waals surface area contributed by atoms with Crippen molar-refractivity contribution < 1.29 is 9.53 Å². The van der Waals surface area contributed by atoms with Crippen molar-refractivity contribution >= 4 is 33.4 Å². The maximum atomic E-state index is 13.1. The van der Waals surface area contributed by atoms with E-state index < -0.39 is 0 Å². The van der Waals surface area contributed by atoms with Crippen LogP contribution in [0.2, 0.25) is 0 Å². The summed E-state index contributed by atoms with van der Waals surface area (Å²) in [5.74, 6) is 0.379. The Morgan fingerprint density at radius 3 is 3.04 bits per heavy atom. The van der Waals surface area contributed by atoms with E-state index in [1.54, 1.807) is 13.3 Å². The van der Waals surface area contributed by atoms with Crippen LogP contribution >= 0.6 is 11.3 Å². The van der Waals surface area contributed by atoms with E-state index in [4.69, 9.17) is 4.74 Å². The van der Waals surface area contributed by atoms with Crippen LogP contribution in [0.3, 0.4) is 0 Å². The zero-order valence-electron chi connectivity index (χ0n) is 15.3. The molecule has 140 valence electrons. The van der Waals surface area contributed by atoms with E-state index in [2.05, 4.69) is 20.3 Å². The molecule has 3 aromatic rings. The molecular formula is C19H21N5O2S. The third kappa shape index (κ3) is 3.63. The summed E-state index contributed by atoms with van der Waals surface area (Å²) in [5, 5.41) is 5.23. The van der Waals surface area contributed by atoms with Crippen molar-refractivity contribution in [2.45, 2.75) is 25.5 Å². The molecule has 4 heterocycles. The normalized spacial score (nSPS) is 18.0. The topological polar surface area (TPSA) is 80.2 Å². The van der Waals surface area contributed by atoms with Gasteiger partial charge in [0.15, 0.2) is 5.69 Å². The number of amides is 1. The second-order valence-electron chi connectivity index (χ2n) is 6.58. The molecule has 27 heavy (non-hydrogen) atoms. The molecule has 0 unspecified atom stereocenters. The van der Waals surface area contributed by atoms with Gasteiger partial charge in [0.05, 0.1) is 22.4 Å². The number of pyridine rings is 1. The number of aromatic nitrogens is 3. The number of ether oxygens (including phenoxy) is 1. The molecule has 0 radical (unpaired) electrons. The zero-order chi connectivity index (χ0) is 18.8. The lowest BCUT2D eigenvalue weighted by Gasteiger charge is -2.18. The molecule has 2 atom stereocenters. The Labute approximate surface area is 161 Å². The number of likely N-dealkylation sites (tertiary alicyclic amines) is 1. The Morgan fingerprint density at radius 1 is 1.41 bits per heavy atom. The van der Waals surface area contributed by atoms with Crippen molar-refractivity contribution in [1.82, 2.24) is 19.9 Å². The molecule has 0 aromatic carbocycles. The number of carbonyl (C=O) groups excluding carboxylic acids is 1. The first kappa shape index (κ1) is 17.8. The largest absolute Gasteiger partial charge is 0.380 e. The van der Waals surface area contributed by atoms with E-state index in [1.165, 1.54) is 11.3 Å². The molecule has 0 saturated carbocycles. The Hall–Kier alpha value is -2.58. The number of anilines is 1. The van der Waals surface area contributed by atoms with Gasteiger partial charge < -0.3 is 15.0 Å². The first-order chi connectivity index (χ1) is 13.2. The van der Waals surface area contributed by atoms with Gasteiger partial charge in [0.2, 0.25) is 5.95 Å². The van der Waals surface area contributed by atoms with Crippen LogP contribution in [0.25, 0.3) is 10.2 Å². The minimum absolute atomic E-state index is 0.0256. The van der Waals surface area contributed by atoms with Gasteiger partial charge in [-0.2, -0.15) is 0 Å². The molecule has 1 amide bonds. The maximum Gasteiger partial charge on any atom is 0.274 e. The Morgan fingerprint density at radius 2 is 2.30 bits per heavy atom. The molecule has 0 spiro atoms. The fraction of sp³-hybridized carbons (Fsp3) is 0.368. The lowest BCUT2D eigenvalue weighted by molar-refractivity contribution is 0.0721. The summed E-state index contributed by atoms with van der Waals surface area (Å²) < 4.78 is 6.20. The van der Waals surface area contributed by atoms with Crippen LogP contribution in [0.15, 0.2) is 36.0 Å². The number of rotatable bonds is 5. The van der Waals surface area contributed by atoms with Crippen LogP contribution < -0.4 is 5.32 Å². The molecule has 7 nitrogen and oxygen atoms in total. The standard InChI is InChI=1S/C19H21N5O2S/c1-12(13-4-3-7-20-10-13)21-19-22-15-6-9-27-17(15)16(23-19)18(25)24-8-5-14(11-24)26-2/h3-4,6-7,9-10,12,14H,5,8,11H2,1-2H3,(H,21,22,23)/t12-,14-/m0/s1. The van der Waals surface area contributed by atoms with Gasteiger partial charge in [-0.15, -0.1) is 11.3 Å². The van der Waals surface area contributed by atoms with E-state index in [-0.39, 0.29) is 18.1 Å². The fourth-order valence-corrected chi connectivity index (χ4v) is 4.05. The molecule has 0 aliphatic carbocycles. The Balaban J connectivity index is 1.63. The quantitative estimate of drug-likeness (QED) is 0.729. The summed E-state index contributed by atoms with van der Waals surface area (Å²) in [5.41, 5.74) is 2.26. The first-order valence-electron chi connectivity index (χ1n) is 8.89. The number of hydrogen-bond donors (Lipinski definition) is 1. The third-order valence-electron chi connectivity index (χ3n) is 4.80. The zero-order valence-corrected chi connectivity index (χ0v) is 16.1. The highest BCUT2D eigenvalue weighted by Gasteiger charge is 2.29. The maximum absolute atomic E-state index is 13.1. The number of thiophene rings is 1. The molecule has 8 heteroatoms. The highest BCUT2D eigenvalue weighted by Crippen LogP contribution is 2.27. The molecule has 1 fully saturated rings. The number of nitrogens with zero attached hydrogens (tertiary/aromatic N) is 4. The summed E-state index contributed by atoms with van der Waals surface area (Å²) in [4.78, 5) is 28.2. The van der Waals surface area contributed by atoms with E-state index >= 15 is 0 Å². The van der Waals surface area contributed by atoms with Gasteiger partial charge in [-0.05, 0) is 36.4 Å². The van der Waals surface area contributed by atoms with Crippen LogP contribution in [0, 0.1) is 0 Å². The second-order valence-corrected chi connectivity index (χ2v) is 7.50. The van der Waals surface area contributed by atoms with E-state index in [0.29, 0.717) is 24.7 Å². The summed E-state index contributed by atoms with van der Waals surface area (Å²) in [6.45, 7) is 3.30. The summed E-state index contributed by atoms with van der Waals surface area (Å²) in [7, 11) is 1.68. The van der Waals surface area contributed by atoms with Crippen molar-refractivity contribution in [2.24, 2.45) is 0 Å². The first-order valence-corrected chi connectivity index (χ1v) is 9.77. The molecule has 0 bridgehead atoms. The van der Waals surface area contributed by atoms with Crippen LogP contribution in [-0.2, 0) is 4.74 Å². The van der Waals surface area contributed by atoms with E-state index in [9.17, 15) is 4.79 Å². The van der Waals surface area contributed by atoms with Crippen LogP contribution in [-0.4, -0.2) is 52.1 Å². The van der Waals surface area contributed by atoms with Gasteiger partial charge in [-0.25, -0.2) is 9.97 Å². The molecule has 1 saturated heterocycles. The second kappa shape index (κ2) is 7.58. The molecular weight excluding hydrogens is 362 g/mol. The summed E-state index contributed by atoms with van der Waals surface area (Å²) in [6.07, 6.45) is 4.49. The van der Waals surface area contributed by atoms with Crippen LogP contribution in [0.1, 0.15) is 35.4 Å². The summed E-state index contributed by atoms with van der Waals surface area (Å²) >= 11 is 1.49. The minimum Gasteiger partial charge on any atom is -0.380 e. The van der Waals surface area contributed by atoms with E-state index in [1.807, 2.05) is 41.6 Å². The Bertz CT molecular complexity index is 946. The van der Waals surface area contributed by atoms with Crippen molar-refractivity contribution in [2.75, 3.05) is 25.5 Å². The van der Waals surface area contributed by atoms with Gasteiger partial charge in [-0.3, -0.25) is 9.78 Å². The van der Waals surface area contributed by atoms with E-state index in [0.717, 1.165) is 22.2 Å². The molecule has 4 rings (SSSR count). The highest BCUT2D eigenvalue weighted by molar-refractivity contribution is 7.17. The lowest BCUT2D eigenvalue weighted by Crippen LogP contribution is -2.31. The number of methoxy groups -OCH3 is 1. The number of nitrogens with one attached hydrogen (secondary N) is 1.